The Morgan fingerprint density at radius 1 is 0.900 bits per heavy atom. The van der Waals surface area contributed by atoms with Crippen LogP contribution in [0.15, 0.2) is 0 Å². The van der Waals surface area contributed by atoms with Gasteiger partial charge in [0.15, 0.2) is 0 Å². The Labute approximate surface area is 125 Å². The van der Waals surface area contributed by atoms with Gasteiger partial charge in [0.05, 0.1) is 0 Å². The first-order valence-electron chi connectivity index (χ1n) is 9.10. The van der Waals surface area contributed by atoms with Crippen molar-refractivity contribution in [3.63, 3.8) is 0 Å². The van der Waals surface area contributed by atoms with Crippen LogP contribution in [0.1, 0.15) is 58.3 Å². The van der Waals surface area contributed by atoms with Crippen LogP contribution in [0.25, 0.3) is 0 Å². The zero-order valence-corrected chi connectivity index (χ0v) is 13.3. The Hall–Kier alpha value is -0.120. The van der Waals surface area contributed by atoms with Crippen LogP contribution in [-0.2, 0) is 0 Å². The summed E-state index contributed by atoms with van der Waals surface area (Å²) in [5, 5.41) is 3.80. The van der Waals surface area contributed by atoms with Crippen molar-refractivity contribution in [1.82, 2.24) is 15.1 Å². The fourth-order valence-corrected chi connectivity index (χ4v) is 4.60. The summed E-state index contributed by atoms with van der Waals surface area (Å²) in [4.78, 5) is 5.60. The minimum atomic E-state index is 0.773. The first-order valence-corrected chi connectivity index (χ1v) is 9.10. The van der Waals surface area contributed by atoms with Gasteiger partial charge in [0.1, 0.15) is 0 Å². The normalized spacial score (nSPS) is 36.8. The van der Waals surface area contributed by atoms with Gasteiger partial charge in [0.2, 0.25) is 0 Å². The van der Waals surface area contributed by atoms with Crippen molar-refractivity contribution in [2.75, 3.05) is 32.7 Å². The van der Waals surface area contributed by atoms with Crippen molar-refractivity contribution in [3.05, 3.63) is 0 Å². The summed E-state index contributed by atoms with van der Waals surface area (Å²) < 4.78 is 0. The molecule has 0 bridgehead atoms. The third kappa shape index (κ3) is 3.37. The molecule has 2 saturated heterocycles. The van der Waals surface area contributed by atoms with E-state index in [1.807, 2.05) is 0 Å². The molecule has 0 aromatic carbocycles. The molecular weight excluding hydrogens is 246 g/mol. The van der Waals surface area contributed by atoms with E-state index in [0.717, 1.165) is 18.1 Å². The molecule has 3 rings (SSSR count). The molecule has 1 N–H and O–H groups in total. The number of piperidine rings is 1. The maximum atomic E-state index is 3.80. The number of rotatable bonds is 5. The highest BCUT2D eigenvalue weighted by Gasteiger charge is 2.37. The third-order valence-electron chi connectivity index (χ3n) is 5.71. The van der Waals surface area contributed by atoms with E-state index in [4.69, 9.17) is 0 Å². The topological polar surface area (TPSA) is 18.5 Å². The second kappa shape index (κ2) is 7.24. The van der Waals surface area contributed by atoms with Gasteiger partial charge in [-0.3, -0.25) is 9.80 Å². The summed E-state index contributed by atoms with van der Waals surface area (Å²) in [6.07, 6.45) is 11.2. The molecule has 1 aliphatic carbocycles. The summed E-state index contributed by atoms with van der Waals surface area (Å²) in [5.74, 6) is 0. The molecule has 3 atom stereocenters. The van der Waals surface area contributed by atoms with Crippen LogP contribution in [0.3, 0.4) is 0 Å². The standard InChI is InChI=1S/C17H33N3/c1-2-10-18-16-7-6-8-17(16)20-13-9-15(14-20)19-11-4-3-5-12-19/h15-18H,2-14H2,1H3. The fourth-order valence-electron chi connectivity index (χ4n) is 4.60. The number of hydrogen-bond acceptors (Lipinski definition) is 3. The first-order chi connectivity index (χ1) is 9.88. The van der Waals surface area contributed by atoms with E-state index in [2.05, 4.69) is 22.0 Å². The Balaban J connectivity index is 1.50. The van der Waals surface area contributed by atoms with Crippen molar-refractivity contribution in [1.29, 1.82) is 0 Å². The van der Waals surface area contributed by atoms with Crippen molar-refractivity contribution in [2.24, 2.45) is 0 Å². The van der Waals surface area contributed by atoms with E-state index < -0.39 is 0 Å². The minimum absolute atomic E-state index is 0.773. The highest BCUT2D eigenvalue weighted by atomic mass is 15.3. The van der Waals surface area contributed by atoms with Crippen LogP contribution in [-0.4, -0.2) is 60.6 Å². The second-order valence-corrected chi connectivity index (χ2v) is 7.09. The average molecular weight is 279 g/mol. The Morgan fingerprint density at radius 3 is 2.55 bits per heavy atom. The first kappa shape index (κ1) is 14.8. The summed E-state index contributed by atoms with van der Waals surface area (Å²) in [5.41, 5.74) is 0. The molecule has 0 amide bonds. The predicted octanol–water partition coefficient (Wildman–Crippen LogP) is 2.47. The Bertz CT molecular complexity index is 288. The summed E-state index contributed by atoms with van der Waals surface area (Å²) in [6, 6.07) is 2.47. The van der Waals surface area contributed by atoms with Gasteiger partial charge < -0.3 is 5.32 Å². The lowest BCUT2D eigenvalue weighted by atomic mass is 10.1. The van der Waals surface area contributed by atoms with E-state index >= 15 is 0 Å². The van der Waals surface area contributed by atoms with Crippen LogP contribution < -0.4 is 5.32 Å². The molecule has 20 heavy (non-hydrogen) atoms. The maximum Gasteiger partial charge on any atom is 0.0250 e. The van der Waals surface area contributed by atoms with Gasteiger partial charge in [-0.15, -0.1) is 0 Å². The number of likely N-dealkylation sites (tertiary alicyclic amines) is 2. The maximum absolute atomic E-state index is 3.80. The van der Waals surface area contributed by atoms with Crippen LogP contribution in [0, 0.1) is 0 Å². The lowest BCUT2D eigenvalue weighted by molar-refractivity contribution is 0.146. The van der Waals surface area contributed by atoms with E-state index in [1.165, 1.54) is 84.1 Å². The van der Waals surface area contributed by atoms with E-state index in [0.29, 0.717) is 0 Å². The van der Waals surface area contributed by atoms with Gasteiger partial charge >= 0.3 is 0 Å². The van der Waals surface area contributed by atoms with Gasteiger partial charge in [0, 0.05) is 31.2 Å². The van der Waals surface area contributed by atoms with Crippen molar-refractivity contribution >= 4 is 0 Å². The average Bonchev–Trinajstić information content (AvgIpc) is 3.14. The third-order valence-corrected chi connectivity index (χ3v) is 5.71. The predicted molar refractivity (Wildman–Crippen MR) is 85.1 cm³/mol. The number of nitrogens with one attached hydrogen (secondary N) is 1. The molecule has 3 aliphatic rings. The van der Waals surface area contributed by atoms with Gasteiger partial charge in [0.25, 0.3) is 0 Å². The number of hydrogen-bond donors (Lipinski definition) is 1. The molecule has 3 heteroatoms. The molecule has 116 valence electrons. The molecule has 2 aliphatic heterocycles. The molecule has 0 spiro atoms. The summed E-state index contributed by atoms with van der Waals surface area (Å²) in [7, 11) is 0. The van der Waals surface area contributed by atoms with E-state index in [-0.39, 0.29) is 0 Å². The molecule has 0 aromatic heterocycles. The monoisotopic (exact) mass is 279 g/mol. The lowest BCUT2D eigenvalue weighted by Gasteiger charge is -2.34. The lowest BCUT2D eigenvalue weighted by Crippen LogP contribution is -2.48. The van der Waals surface area contributed by atoms with E-state index in [1.54, 1.807) is 0 Å². The quantitative estimate of drug-likeness (QED) is 0.834. The van der Waals surface area contributed by atoms with Crippen molar-refractivity contribution in [2.45, 2.75) is 76.4 Å². The smallest absolute Gasteiger partial charge is 0.0250 e. The molecule has 3 unspecified atom stereocenters. The fraction of sp³-hybridized carbons (Fsp3) is 1.00. The van der Waals surface area contributed by atoms with Gasteiger partial charge in [-0.2, -0.15) is 0 Å². The molecule has 1 saturated carbocycles. The highest BCUT2D eigenvalue weighted by Crippen LogP contribution is 2.29. The molecule has 0 aromatic rings. The zero-order chi connectivity index (χ0) is 13.8. The largest absolute Gasteiger partial charge is 0.312 e. The number of nitrogens with zero attached hydrogens (tertiary/aromatic N) is 2. The van der Waals surface area contributed by atoms with Crippen molar-refractivity contribution in [3.8, 4) is 0 Å². The summed E-state index contributed by atoms with van der Waals surface area (Å²) >= 11 is 0. The zero-order valence-electron chi connectivity index (χ0n) is 13.3. The van der Waals surface area contributed by atoms with Crippen LogP contribution in [0.2, 0.25) is 0 Å². The molecular formula is C17H33N3. The van der Waals surface area contributed by atoms with Crippen LogP contribution in [0.4, 0.5) is 0 Å². The van der Waals surface area contributed by atoms with E-state index in [9.17, 15) is 0 Å². The molecule has 3 nitrogen and oxygen atoms in total. The SMILES string of the molecule is CCCNC1CCCC1N1CCC(N2CCCCC2)C1. The highest BCUT2D eigenvalue weighted by molar-refractivity contribution is 4.95. The van der Waals surface area contributed by atoms with Crippen LogP contribution in [0.5, 0.6) is 0 Å². The van der Waals surface area contributed by atoms with Gasteiger partial charge in [-0.05, 0) is 58.2 Å². The van der Waals surface area contributed by atoms with Gasteiger partial charge in [-0.1, -0.05) is 19.8 Å². The van der Waals surface area contributed by atoms with Crippen LogP contribution >= 0.6 is 0 Å². The Morgan fingerprint density at radius 2 is 1.75 bits per heavy atom. The minimum Gasteiger partial charge on any atom is -0.312 e. The summed E-state index contributed by atoms with van der Waals surface area (Å²) in [6.45, 7) is 8.89. The Kier molecular flexibility index (Phi) is 5.36. The molecule has 0 radical (unpaired) electrons. The molecule has 3 fully saturated rings. The molecule has 2 heterocycles. The van der Waals surface area contributed by atoms with Crippen molar-refractivity contribution < 1.29 is 0 Å². The second-order valence-electron chi connectivity index (χ2n) is 7.09. The van der Waals surface area contributed by atoms with Gasteiger partial charge in [-0.25, -0.2) is 0 Å².